The zero-order valence-electron chi connectivity index (χ0n) is 9.33. The summed E-state index contributed by atoms with van der Waals surface area (Å²) in [7, 11) is 0. The summed E-state index contributed by atoms with van der Waals surface area (Å²) < 4.78 is 0. The summed E-state index contributed by atoms with van der Waals surface area (Å²) in [6.45, 7) is 5.93. The van der Waals surface area contributed by atoms with Gasteiger partial charge in [-0.2, -0.15) is 0 Å². The molecule has 0 unspecified atom stereocenters. The molecule has 0 saturated heterocycles. The van der Waals surface area contributed by atoms with Crippen LogP contribution in [0.1, 0.15) is 25.0 Å². The van der Waals surface area contributed by atoms with Gasteiger partial charge in [0.25, 0.3) is 5.91 Å². The Morgan fingerprint density at radius 3 is 2.50 bits per heavy atom. The van der Waals surface area contributed by atoms with Gasteiger partial charge in [-0.05, 0) is 26.8 Å². The predicted molar refractivity (Wildman–Crippen MR) is 68.6 cm³/mol. The van der Waals surface area contributed by atoms with E-state index < -0.39 is 0 Å². The van der Waals surface area contributed by atoms with Crippen molar-refractivity contribution >= 4 is 33.7 Å². The first kappa shape index (κ1) is 11.3. The largest absolute Gasteiger partial charge is 0.298 e. The molecule has 2 rings (SSSR count). The Bertz CT molecular complexity index is 528. The summed E-state index contributed by atoms with van der Waals surface area (Å²) in [4.78, 5) is 19.3. The number of aryl methyl sites for hydroxylation is 3. The molecule has 0 aliphatic rings. The molecule has 0 spiro atoms. The Kier molecular flexibility index (Phi) is 3.07. The van der Waals surface area contributed by atoms with Gasteiger partial charge in [0.15, 0.2) is 5.13 Å². The average molecular weight is 252 g/mol. The van der Waals surface area contributed by atoms with Crippen molar-refractivity contribution in [2.45, 2.75) is 20.8 Å². The molecule has 2 aromatic heterocycles. The molecule has 2 aromatic rings. The second-order valence-electron chi connectivity index (χ2n) is 3.56. The van der Waals surface area contributed by atoms with Gasteiger partial charge in [-0.15, -0.1) is 22.7 Å². The first-order chi connectivity index (χ1) is 7.56. The summed E-state index contributed by atoms with van der Waals surface area (Å²) in [5.41, 5.74) is 0.746. The van der Waals surface area contributed by atoms with E-state index in [1.54, 1.807) is 17.5 Å². The van der Waals surface area contributed by atoms with Gasteiger partial charge in [-0.25, -0.2) is 4.98 Å². The van der Waals surface area contributed by atoms with Crippen LogP contribution >= 0.6 is 22.7 Å². The molecule has 0 atom stereocenters. The van der Waals surface area contributed by atoms with Crippen LogP contribution in [0.5, 0.6) is 0 Å². The minimum Gasteiger partial charge on any atom is -0.298 e. The number of hydrogen-bond acceptors (Lipinski definition) is 4. The number of carbonyl (C=O) groups excluding carboxylic acids is 1. The monoisotopic (exact) mass is 252 g/mol. The lowest BCUT2D eigenvalue weighted by atomic mass is 10.2. The average Bonchev–Trinajstić information content (AvgIpc) is 2.73. The molecule has 0 aliphatic heterocycles. The third kappa shape index (κ3) is 2.31. The van der Waals surface area contributed by atoms with Crippen LogP contribution < -0.4 is 5.32 Å². The summed E-state index contributed by atoms with van der Waals surface area (Å²) >= 11 is 3.12. The van der Waals surface area contributed by atoms with Gasteiger partial charge in [-0.1, -0.05) is 0 Å². The lowest BCUT2D eigenvalue weighted by molar-refractivity contribution is 0.102. The van der Waals surface area contributed by atoms with Crippen LogP contribution in [0.4, 0.5) is 5.13 Å². The van der Waals surface area contributed by atoms with Gasteiger partial charge in [-0.3, -0.25) is 10.1 Å². The first-order valence-electron chi connectivity index (χ1n) is 4.87. The molecular formula is C11H12N2OS2. The fourth-order valence-corrected chi connectivity index (χ4v) is 3.01. The molecule has 0 radical (unpaired) electrons. The van der Waals surface area contributed by atoms with Crippen molar-refractivity contribution in [3.8, 4) is 0 Å². The summed E-state index contributed by atoms with van der Waals surface area (Å²) in [6, 6.07) is 1.91. The SMILES string of the molecule is Cc1cnc(NC(=O)c2cc(C)sc2C)s1. The van der Waals surface area contributed by atoms with E-state index in [0.717, 1.165) is 20.2 Å². The fourth-order valence-electron chi connectivity index (χ4n) is 1.43. The lowest BCUT2D eigenvalue weighted by Crippen LogP contribution is -2.11. The number of carbonyl (C=O) groups is 1. The maximum absolute atomic E-state index is 11.9. The van der Waals surface area contributed by atoms with Crippen LogP contribution in [-0.4, -0.2) is 10.9 Å². The van der Waals surface area contributed by atoms with Crippen LogP contribution in [0.15, 0.2) is 12.3 Å². The van der Waals surface area contributed by atoms with Crippen LogP contribution in [-0.2, 0) is 0 Å². The smallest absolute Gasteiger partial charge is 0.258 e. The topological polar surface area (TPSA) is 42.0 Å². The molecule has 0 fully saturated rings. The maximum Gasteiger partial charge on any atom is 0.258 e. The summed E-state index contributed by atoms with van der Waals surface area (Å²) in [6.07, 6.45) is 1.76. The number of thiophene rings is 1. The molecule has 1 N–H and O–H groups in total. The third-order valence-corrected chi connectivity index (χ3v) is 3.92. The van der Waals surface area contributed by atoms with Crippen molar-refractivity contribution < 1.29 is 4.79 Å². The Labute approximate surface area is 102 Å². The van der Waals surface area contributed by atoms with Crippen LogP contribution in [0.2, 0.25) is 0 Å². The Balaban J connectivity index is 2.17. The molecule has 3 nitrogen and oxygen atoms in total. The molecule has 0 aromatic carbocycles. The Morgan fingerprint density at radius 1 is 1.25 bits per heavy atom. The van der Waals surface area contributed by atoms with E-state index in [4.69, 9.17) is 0 Å². The van der Waals surface area contributed by atoms with E-state index in [2.05, 4.69) is 10.3 Å². The number of nitrogens with one attached hydrogen (secondary N) is 1. The number of anilines is 1. The Hall–Kier alpha value is -1.20. The van der Waals surface area contributed by atoms with Crippen LogP contribution in [0, 0.1) is 20.8 Å². The van der Waals surface area contributed by atoms with E-state index in [9.17, 15) is 4.79 Å². The zero-order chi connectivity index (χ0) is 11.7. The number of amides is 1. The molecule has 2 heterocycles. The number of nitrogens with zero attached hydrogens (tertiary/aromatic N) is 1. The first-order valence-corrected chi connectivity index (χ1v) is 6.50. The van der Waals surface area contributed by atoms with Crippen molar-refractivity contribution in [3.63, 3.8) is 0 Å². The third-order valence-electron chi connectivity index (χ3n) is 2.13. The molecule has 84 valence electrons. The number of rotatable bonds is 2. The van der Waals surface area contributed by atoms with E-state index >= 15 is 0 Å². The molecule has 1 amide bonds. The lowest BCUT2D eigenvalue weighted by Gasteiger charge is -1.99. The van der Waals surface area contributed by atoms with Gasteiger partial charge in [0, 0.05) is 20.8 Å². The second kappa shape index (κ2) is 4.35. The van der Waals surface area contributed by atoms with Gasteiger partial charge in [0.2, 0.25) is 0 Å². The van der Waals surface area contributed by atoms with Crippen molar-refractivity contribution in [2.75, 3.05) is 5.32 Å². The molecule has 0 aliphatic carbocycles. The van der Waals surface area contributed by atoms with E-state index in [0.29, 0.717) is 5.13 Å². The van der Waals surface area contributed by atoms with Gasteiger partial charge >= 0.3 is 0 Å². The molecule has 16 heavy (non-hydrogen) atoms. The highest BCUT2D eigenvalue weighted by molar-refractivity contribution is 7.15. The second-order valence-corrected chi connectivity index (χ2v) is 6.25. The minimum absolute atomic E-state index is 0.0730. The van der Waals surface area contributed by atoms with Crippen molar-refractivity contribution in [3.05, 3.63) is 32.5 Å². The van der Waals surface area contributed by atoms with Crippen molar-refractivity contribution in [1.29, 1.82) is 0 Å². The highest BCUT2D eigenvalue weighted by Gasteiger charge is 2.13. The maximum atomic E-state index is 11.9. The van der Waals surface area contributed by atoms with E-state index in [1.807, 2.05) is 26.8 Å². The number of aromatic nitrogens is 1. The number of hydrogen-bond donors (Lipinski definition) is 1. The van der Waals surface area contributed by atoms with Gasteiger partial charge < -0.3 is 0 Å². The fraction of sp³-hybridized carbons (Fsp3) is 0.273. The zero-order valence-corrected chi connectivity index (χ0v) is 11.0. The van der Waals surface area contributed by atoms with Gasteiger partial charge in [0.05, 0.1) is 5.56 Å². The van der Waals surface area contributed by atoms with E-state index in [-0.39, 0.29) is 5.91 Å². The van der Waals surface area contributed by atoms with Crippen molar-refractivity contribution in [2.24, 2.45) is 0 Å². The number of thiazole rings is 1. The summed E-state index contributed by atoms with van der Waals surface area (Å²) in [5.74, 6) is -0.0730. The normalized spacial score (nSPS) is 10.4. The molecular weight excluding hydrogens is 240 g/mol. The minimum atomic E-state index is -0.0730. The van der Waals surface area contributed by atoms with Gasteiger partial charge in [0.1, 0.15) is 0 Å². The van der Waals surface area contributed by atoms with Crippen LogP contribution in [0.25, 0.3) is 0 Å². The van der Waals surface area contributed by atoms with Crippen molar-refractivity contribution in [1.82, 2.24) is 4.98 Å². The predicted octanol–water partition coefficient (Wildman–Crippen LogP) is 3.38. The van der Waals surface area contributed by atoms with E-state index in [1.165, 1.54) is 11.3 Å². The highest BCUT2D eigenvalue weighted by Crippen LogP contribution is 2.23. The standard InChI is InChI=1S/C11H12N2OS2/c1-6-4-9(8(3)15-6)10(14)13-11-12-5-7(2)16-11/h4-5H,1-3H3,(H,12,13,14). The highest BCUT2D eigenvalue weighted by atomic mass is 32.1. The van der Waals surface area contributed by atoms with Crippen LogP contribution in [0.3, 0.4) is 0 Å². The quantitative estimate of drug-likeness (QED) is 0.890. The molecule has 5 heteroatoms. The molecule has 0 bridgehead atoms. The summed E-state index contributed by atoms with van der Waals surface area (Å²) in [5, 5.41) is 3.47. The Morgan fingerprint density at radius 2 is 2.00 bits per heavy atom. The molecule has 0 saturated carbocycles.